The van der Waals surface area contributed by atoms with Gasteiger partial charge < -0.3 is 4.90 Å². The molecule has 1 unspecified atom stereocenters. The molecule has 3 rings (SSSR count). The van der Waals surface area contributed by atoms with Crippen LogP contribution in [0.4, 0.5) is 0 Å². The van der Waals surface area contributed by atoms with Gasteiger partial charge in [-0.05, 0) is 38.2 Å². The van der Waals surface area contributed by atoms with Gasteiger partial charge in [-0.15, -0.1) is 0 Å². The van der Waals surface area contributed by atoms with Gasteiger partial charge in [-0.2, -0.15) is 0 Å². The normalized spacial score (nSPS) is 15.4. The number of aryl methyl sites for hydroxylation is 1. The van der Waals surface area contributed by atoms with Crippen LogP contribution in [0.5, 0.6) is 0 Å². The Morgan fingerprint density at radius 2 is 1.95 bits per heavy atom. The molecule has 0 saturated heterocycles. The summed E-state index contributed by atoms with van der Waals surface area (Å²) in [6.07, 6.45) is 5.64. The van der Waals surface area contributed by atoms with Gasteiger partial charge in [0.2, 0.25) is 0 Å². The van der Waals surface area contributed by atoms with Crippen LogP contribution < -0.4 is 0 Å². The number of hydrogen-bond donors (Lipinski definition) is 0. The maximum Gasteiger partial charge on any atom is 0.274 e. The third-order valence-corrected chi connectivity index (χ3v) is 4.25. The Kier molecular flexibility index (Phi) is 4.18. The predicted molar refractivity (Wildman–Crippen MR) is 85.3 cm³/mol. The van der Waals surface area contributed by atoms with Crippen molar-refractivity contribution in [3.63, 3.8) is 0 Å². The van der Waals surface area contributed by atoms with E-state index in [0.29, 0.717) is 18.2 Å². The average Bonchev–Trinajstić information content (AvgIpc) is 3.38. The molecule has 0 spiro atoms. The van der Waals surface area contributed by atoms with Gasteiger partial charge >= 0.3 is 0 Å². The van der Waals surface area contributed by atoms with Gasteiger partial charge in [-0.1, -0.05) is 30.3 Å². The molecule has 1 heterocycles. The molecule has 4 heteroatoms. The molecule has 0 radical (unpaired) electrons. The fourth-order valence-electron chi connectivity index (χ4n) is 2.66. The van der Waals surface area contributed by atoms with Crippen molar-refractivity contribution in [3.8, 4) is 0 Å². The second-order valence-electron chi connectivity index (χ2n) is 6.04. The second-order valence-corrected chi connectivity index (χ2v) is 6.04. The monoisotopic (exact) mass is 295 g/mol. The summed E-state index contributed by atoms with van der Waals surface area (Å²) >= 11 is 0. The molecule has 1 atom stereocenters. The molecule has 0 bridgehead atoms. The van der Waals surface area contributed by atoms with E-state index in [1.165, 1.54) is 12.8 Å². The number of amides is 1. The van der Waals surface area contributed by atoms with Gasteiger partial charge in [-0.25, -0.2) is 4.98 Å². The number of aromatic nitrogens is 2. The first kappa shape index (κ1) is 14.7. The van der Waals surface area contributed by atoms with Crippen LogP contribution in [0.1, 0.15) is 41.5 Å². The molecule has 0 aliphatic heterocycles. The smallest absolute Gasteiger partial charge is 0.274 e. The Bertz CT molecular complexity index is 635. The molecular weight excluding hydrogens is 274 g/mol. The first-order valence-electron chi connectivity index (χ1n) is 7.78. The molecule has 1 fully saturated rings. The zero-order chi connectivity index (χ0) is 15.5. The van der Waals surface area contributed by atoms with Crippen LogP contribution >= 0.6 is 0 Å². The van der Waals surface area contributed by atoms with Gasteiger partial charge in [0.1, 0.15) is 5.69 Å². The highest BCUT2D eigenvalue weighted by Crippen LogP contribution is 2.36. The molecule has 114 valence electrons. The van der Waals surface area contributed by atoms with Gasteiger partial charge in [0.25, 0.3) is 5.91 Å². The van der Waals surface area contributed by atoms with Crippen molar-refractivity contribution >= 4 is 5.91 Å². The summed E-state index contributed by atoms with van der Waals surface area (Å²) < 4.78 is 0. The number of rotatable bonds is 5. The lowest BCUT2D eigenvalue weighted by molar-refractivity contribution is 0.0647. The van der Waals surface area contributed by atoms with E-state index in [9.17, 15) is 4.79 Å². The Balaban J connectivity index is 1.84. The van der Waals surface area contributed by atoms with Crippen molar-refractivity contribution in [2.24, 2.45) is 5.92 Å². The number of hydrogen-bond acceptors (Lipinski definition) is 3. The number of benzene rings is 1. The molecule has 2 aromatic rings. The van der Waals surface area contributed by atoms with Crippen molar-refractivity contribution in [2.75, 3.05) is 0 Å². The van der Waals surface area contributed by atoms with Crippen LogP contribution in [0, 0.1) is 12.8 Å². The lowest BCUT2D eigenvalue weighted by atomic mass is 10.1. The van der Waals surface area contributed by atoms with E-state index < -0.39 is 0 Å². The van der Waals surface area contributed by atoms with Gasteiger partial charge in [0, 0.05) is 18.8 Å². The van der Waals surface area contributed by atoms with Crippen LogP contribution in [0.2, 0.25) is 0 Å². The summed E-state index contributed by atoms with van der Waals surface area (Å²) in [5, 5.41) is 0. The van der Waals surface area contributed by atoms with Crippen LogP contribution in [0.3, 0.4) is 0 Å². The Morgan fingerprint density at radius 3 is 2.55 bits per heavy atom. The highest BCUT2D eigenvalue weighted by atomic mass is 16.2. The maximum atomic E-state index is 12.9. The highest BCUT2D eigenvalue weighted by molar-refractivity contribution is 5.92. The van der Waals surface area contributed by atoms with Crippen molar-refractivity contribution in [1.29, 1.82) is 0 Å². The summed E-state index contributed by atoms with van der Waals surface area (Å²) in [4.78, 5) is 23.2. The van der Waals surface area contributed by atoms with E-state index >= 15 is 0 Å². The van der Waals surface area contributed by atoms with E-state index in [4.69, 9.17) is 0 Å². The maximum absolute atomic E-state index is 12.9. The first-order chi connectivity index (χ1) is 10.6. The SMILES string of the molecule is Cc1cnc(C(=O)N(Cc2ccccc2)C(C)C2CC2)cn1. The Hall–Kier alpha value is -2.23. The van der Waals surface area contributed by atoms with Gasteiger partial charge in [0.05, 0.1) is 11.9 Å². The van der Waals surface area contributed by atoms with E-state index in [1.54, 1.807) is 12.4 Å². The molecule has 1 aliphatic carbocycles. The quantitative estimate of drug-likeness (QED) is 0.851. The molecular formula is C18H21N3O. The van der Waals surface area contributed by atoms with Crippen molar-refractivity contribution < 1.29 is 4.79 Å². The minimum absolute atomic E-state index is 0.0317. The van der Waals surface area contributed by atoms with Crippen LogP contribution in [-0.2, 0) is 6.54 Å². The van der Waals surface area contributed by atoms with Crippen molar-refractivity contribution in [1.82, 2.24) is 14.9 Å². The highest BCUT2D eigenvalue weighted by Gasteiger charge is 2.35. The van der Waals surface area contributed by atoms with E-state index in [2.05, 4.69) is 29.0 Å². The van der Waals surface area contributed by atoms with Crippen LogP contribution in [0.25, 0.3) is 0 Å². The number of nitrogens with zero attached hydrogens (tertiary/aromatic N) is 3. The van der Waals surface area contributed by atoms with Crippen molar-refractivity contribution in [2.45, 2.75) is 39.3 Å². The molecule has 1 aliphatic rings. The topological polar surface area (TPSA) is 46.1 Å². The largest absolute Gasteiger partial charge is 0.330 e. The number of carbonyl (C=O) groups is 1. The van der Waals surface area contributed by atoms with Crippen LogP contribution in [0.15, 0.2) is 42.7 Å². The summed E-state index contributed by atoms with van der Waals surface area (Å²) in [5.74, 6) is 0.585. The Labute approximate surface area is 131 Å². The lowest BCUT2D eigenvalue weighted by Gasteiger charge is -2.29. The van der Waals surface area contributed by atoms with Crippen LogP contribution in [-0.4, -0.2) is 26.8 Å². The zero-order valence-corrected chi connectivity index (χ0v) is 13.1. The van der Waals surface area contributed by atoms with Gasteiger partial charge in [0.15, 0.2) is 0 Å². The third kappa shape index (κ3) is 3.32. The lowest BCUT2D eigenvalue weighted by Crippen LogP contribution is -2.39. The molecule has 0 N–H and O–H groups in total. The molecule has 22 heavy (non-hydrogen) atoms. The van der Waals surface area contributed by atoms with E-state index in [-0.39, 0.29) is 11.9 Å². The standard InChI is InChI=1S/C18H21N3O/c1-13-10-20-17(11-19-13)18(22)21(14(2)16-8-9-16)12-15-6-4-3-5-7-15/h3-7,10-11,14,16H,8-9,12H2,1-2H3. The number of carbonyl (C=O) groups excluding carboxylic acids is 1. The first-order valence-corrected chi connectivity index (χ1v) is 7.78. The molecule has 1 saturated carbocycles. The fourth-order valence-corrected chi connectivity index (χ4v) is 2.66. The summed E-state index contributed by atoms with van der Waals surface area (Å²) in [6.45, 7) is 4.63. The zero-order valence-electron chi connectivity index (χ0n) is 13.1. The molecule has 1 aromatic heterocycles. The van der Waals surface area contributed by atoms with E-state index in [1.807, 2.05) is 30.0 Å². The third-order valence-electron chi connectivity index (χ3n) is 4.25. The fraction of sp³-hybridized carbons (Fsp3) is 0.389. The molecule has 1 amide bonds. The van der Waals surface area contributed by atoms with E-state index in [0.717, 1.165) is 11.3 Å². The Morgan fingerprint density at radius 1 is 1.23 bits per heavy atom. The van der Waals surface area contributed by atoms with Gasteiger partial charge in [-0.3, -0.25) is 9.78 Å². The predicted octanol–water partition coefficient (Wildman–Crippen LogP) is 3.23. The molecule has 1 aromatic carbocycles. The minimum Gasteiger partial charge on any atom is -0.330 e. The minimum atomic E-state index is -0.0317. The summed E-state index contributed by atoms with van der Waals surface area (Å²) in [6, 6.07) is 10.3. The summed E-state index contributed by atoms with van der Waals surface area (Å²) in [7, 11) is 0. The second kappa shape index (κ2) is 6.26. The molecule has 4 nitrogen and oxygen atoms in total. The summed E-state index contributed by atoms with van der Waals surface area (Å²) in [5.41, 5.74) is 2.39. The average molecular weight is 295 g/mol. The van der Waals surface area contributed by atoms with Crippen molar-refractivity contribution in [3.05, 3.63) is 59.7 Å².